The molecule has 21 heavy (non-hydrogen) atoms. The Kier molecular flexibility index (Phi) is 4.21. The minimum absolute atomic E-state index is 0. The summed E-state index contributed by atoms with van der Waals surface area (Å²) < 4.78 is 39.8. The molecule has 0 radical (unpaired) electrons. The van der Waals surface area contributed by atoms with Gasteiger partial charge in [0.25, 0.3) is 5.91 Å². The molecule has 2 heterocycles. The fraction of sp³-hybridized carbons (Fsp3) is 0.667. The molecule has 1 aromatic heterocycles. The molecule has 3 rings (SSSR count). The number of carbonyl (C=O) groups excluding carboxylic acids is 1. The molecule has 0 aromatic carbocycles. The summed E-state index contributed by atoms with van der Waals surface area (Å²) in [6.07, 6.45) is -2.22. The highest BCUT2D eigenvalue weighted by molar-refractivity contribution is 5.92. The van der Waals surface area contributed by atoms with Gasteiger partial charge >= 0.3 is 6.18 Å². The SMILES string of the molecule is Cl.NC(=O)c1nc(C(F)(F)F)n2c1CN(CC1CC1)CC2. The lowest BCUT2D eigenvalue weighted by Crippen LogP contribution is -2.37. The number of rotatable bonds is 3. The maximum Gasteiger partial charge on any atom is 0.449 e. The zero-order chi connectivity index (χ0) is 14.5. The molecule has 0 bridgehead atoms. The zero-order valence-corrected chi connectivity index (χ0v) is 12.0. The highest BCUT2D eigenvalue weighted by Crippen LogP contribution is 2.34. The van der Waals surface area contributed by atoms with Gasteiger partial charge in [-0.2, -0.15) is 13.2 Å². The first-order valence-electron chi connectivity index (χ1n) is 6.55. The van der Waals surface area contributed by atoms with E-state index >= 15 is 0 Å². The molecule has 0 atom stereocenters. The van der Waals surface area contributed by atoms with Crippen molar-refractivity contribution in [3.05, 3.63) is 17.2 Å². The van der Waals surface area contributed by atoms with Gasteiger partial charge in [0.2, 0.25) is 5.82 Å². The van der Waals surface area contributed by atoms with Crippen molar-refractivity contribution >= 4 is 18.3 Å². The molecule has 1 aromatic rings. The van der Waals surface area contributed by atoms with Gasteiger partial charge in [0.05, 0.1) is 5.69 Å². The van der Waals surface area contributed by atoms with E-state index in [1.165, 1.54) is 12.8 Å². The van der Waals surface area contributed by atoms with E-state index in [4.69, 9.17) is 5.73 Å². The average molecular weight is 325 g/mol. The number of fused-ring (bicyclic) bond motifs is 1. The maximum absolute atomic E-state index is 12.9. The third kappa shape index (κ3) is 3.16. The maximum atomic E-state index is 12.9. The van der Waals surface area contributed by atoms with Crippen LogP contribution in [0.4, 0.5) is 13.2 Å². The second-order valence-corrected chi connectivity index (χ2v) is 5.42. The summed E-state index contributed by atoms with van der Waals surface area (Å²) in [6, 6.07) is 0. The third-order valence-corrected chi connectivity index (χ3v) is 3.79. The first-order valence-corrected chi connectivity index (χ1v) is 6.55. The molecule has 0 spiro atoms. The Morgan fingerprint density at radius 2 is 2.00 bits per heavy atom. The van der Waals surface area contributed by atoms with Crippen LogP contribution in [0.25, 0.3) is 0 Å². The number of nitrogens with zero attached hydrogens (tertiary/aromatic N) is 3. The second-order valence-electron chi connectivity index (χ2n) is 5.42. The molecule has 2 N–H and O–H groups in total. The zero-order valence-electron chi connectivity index (χ0n) is 11.2. The lowest BCUT2D eigenvalue weighted by Gasteiger charge is -2.29. The van der Waals surface area contributed by atoms with Crippen molar-refractivity contribution in [3.63, 3.8) is 0 Å². The standard InChI is InChI=1S/C12H15F3N4O.ClH/c13-12(14,15)11-17-9(10(16)20)8-6-18(3-4-19(8)11)5-7-1-2-7;/h7H,1-6H2,(H2,16,20);1H. The highest BCUT2D eigenvalue weighted by Gasteiger charge is 2.41. The van der Waals surface area contributed by atoms with Crippen LogP contribution in [-0.2, 0) is 19.3 Å². The number of aromatic nitrogens is 2. The van der Waals surface area contributed by atoms with Gasteiger partial charge in [0, 0.05) is 26.2 Å². The highest BCUT2D eigenvalue weighted by atomic mass is 35.5. The van der Waals surface area contributed by atoms with E-state index in [9.17, 15) is 18.0 Å². The van der Waals surface area contributed by atoms with Crippen molar-refractivity contribution in [2.24, 2.45) is 11.7 Å². The number of alkyl halides is 3. The van der Waals surface area contributed by atoms with E-state index in [1.54, 1.807) is 0 Å². The van der Waals surface area contributed by atoms with Crippen molar-refractivity contribution in [2.75, 3.05) is 13.1 Å². The molecule has 1 amide bonds. The van der Waals surface area contributed by atoms with Crippen LogP contribution < -0.4 is 5.73 Å². The summed E-state index contributed by atoms with van der Waals surface area (Å²) in [6.45, 7) is 1.90. The van der Waals surface area contributed by atoms with E-state index < -0.39 is 17.9 Å². The van der Waals surface area contributed by atoms with Gasteiger partial charge in [-0.05, 0) is 18.8 Å². The number of halogens is 4. The Hall–Kier alpha value is -1.28. The van der Waals surface area contributed by atoms with Crippen molar-refractivity contribution in [1.82, 2.24) is 14.5 Å². The van der Waals surface area contributed by atoms with Crippen LogP contribution in [0.15, 0.2) is 0 Å². The predicted octanol–water partition coefficient (Wildman–Crippen LogP) is 1.65. The number of imidazole rings is 1. The van der Waals surface area contributed by atoms with Crippen molar-refractivity contribution in [2.45, 2.75) is 32.1 Å². The Balaban J connectivity index is 0.00000161. The smallest absolute Gasteiger partial charge is 0.364 e. The summed E-state index contributed by atoms with van der Waals surface area (Å²) in [5, 5.41) is 0. The lowest BCUT2D eigenvalue weighted by atomic mass is 10.2. The molecule has 0 saturated heterocycles. The normalized spacial score (nSPS) is 19.0. The van der Waals surface area contributed by atoms with Gasteiger partial charge in [-0.15, -0.1) is 12.4 Å². The molecule has 5 nitrogen and oxygen atoms in total. The molecule has 9 heteroatoms. The quantitative estimate of drug-likeness (QED) is 0.919. The summed E-state index contributed by atoms with van der Waals surface area (Å²) in [5.74, 6) is -1.28. The summed E-state index contributed by atoms with van der Waals surface area (Å²) in [4.78, 5) is 16.8. The number of hydrogen-bond acceptors (Lipinski definition) is 3. The minimum Gasteiger partial charge on any atom is -0.364 e. The van der Waals surface area contributed by atoms with E-state index in [0.29, 0.717) is 19.0 Å². The minimum atomic E-state index is -4.57. The van der Waals surface area contributed by atoms with Crippen molar-refractivity contribution < 1.29 is 18.0 Å². The number of carbonyl (C=O) groups is 1. The molecule has 1 aliphatic heterocycles. The van der Waals surface area contributed by atoms with Gasteiger partial charge in [-0.25, -0.2) is 4.98 Å². The number of nitrogens with two attached hydrogens (primary N) is 1. The summed E-state index contributed by atoms with van der Waals surface area (Å²) in [7, 11) is 0. The van der Waals surface area contributed by atoms with E-state index in [-0.39, 0.29) is 30.3 Å². The summed E-state index contributed by atoms with van der Waals surface area (Å²) >= 11 is 0. The fourth-order valence-electron chi connectivity index (χ4n) is 2.65. The predicted molar refractivity (Wildman–Crippen MR) is 71.0 cm³/mol. The van der Waals surface area contributed by atoms with Gasteiger partial charge in [0.1, 0.15) is 0 Å². The van der Waals surface area contributed by atoms with E-state index in [1.807, 2.05) is 0 Å². The van der Waals surface area contributed by atoms with Crippen LogP contribution in [-0.4, -0.2) is 33.4 Å². The molecule has 2 aliphatic rings. The van der Waals surface area contributed by atoms with Crippen LogP contribution >= 0.6 is 12.4 Å². The van der Waals surface area contributed by atoms with Gasteiger partial charge in [-0.3, -0.25) is 9.69 Å². The third-order valence-electron chi connectivity index (χ3n) is 3.79. The number of amides is 1. The lowest BCUT2D eigenvalue weighted by molar-refractivity contribution is -0.147. The van der Waals surface area contributed by atoms with Crippen LogP contribution in [0, 0.1) is 5.92 Å². The molecule has 1 fully saturated rings. The van der Waals surface area contributed by atoms with E-state index in [0.717, 1.165) is 11.1 Å². The number of primary amides is 1. The van der Waals surface area contributed by atoms with Gasteiger partial charge < -0.3 is 10.3 Å². The monoisotopic (exact) mass is 324 g/mol. The topological polar surface area (TPSA) is 64.2 Å². The first kappa shape index (κ1) is 16.1. The van der Waals surface area contributed by atoms with Crippen LogP contribution in [0.3, 0.4) is 0 Å². The molecule has 0 unspecified atom stereocenters. The molecular weight excluding hydrogens is 309 g/mol. The fourth-order valence-corrected chi connectivity index (χ4v) is 2.65. The van der Waals surface area contributed by atoms with Crippen molar-refractivity contribution in [3.8, 4) is 0 Å². The Morgan fingerprint density at radius 1 is 1.33 bits per heavy atom. The molecule has 118 valence electrons. The largest absolute Gasteiger partial charge is 0.449 e. The van der Waals surface area contributed by atoms with Crippen LogP contribution in [0.2, 0.25) is 0 Å². The van der Waals surface area contributed by atoms with Crippen molar-refractivity contribution in [1.29, 1.82) is 0 Å². The van der Waals surface area contributed by atoms with E-state index in [2.05, 4.69) is 9.88 Å². The summed E-state index contributed by atoms with van der Waals surface area (Å²) in [5.41, 5.74) is 5.19. The molecule has 1 saturated carbocycles. The molecular formula is C12H16ClF3N4O. The molecule has 1 aliphatic carbocycles. The Bertz CT molecular complexity index is 553. The van der Waals surface area contributed by atoms with Crippen LogP contribution in [0.1, 0.15) is 34.8 Å². The second kappa shape index (κ2) is 5.49. The number of hydrogen-bond donors (Lipinski definition) is 1. The first-order chi connectivity index (χ1) is 9.36. The Morgan fingerprint density at radius 3 is 2.52 bits per heavy atom. The van der Waals surface area contributed by atoms with Crippen LogP contribution in [0.5, 0.6) is 0 Å². The Labute approximate surface area is 125 Å². The van der Waals surface area contributed by atoms with Gasteiger partial charge in [0.15, 0.2) is 5.69 Å². The van der Waals surface area contributed by atoms with Gasteiger partial charge in [-0.1, -0.05) is 0 Å². The average Bonchev–Trinajstić information content (AvgIpc) is 3.05.